The van der Waals surface area contributed by atoms with Gasteiger partial charge < -0.3 is 5.32 Å². The van der Waals surface area contributed by atoms with Crippen molar-refractivity contribution < 1.29 is 0 Å². The molecule has 1 nitrogen and oxygen atoms in total. The molecule has 0 aromatic heterocycles. The molecule has 1 saturated carbocycles. The molecule has 0 radical (unpaired) electrons. The highest BCUT2D eigenvalue weighted by molar-refractivity contribution is 6.42. The van der Waals surface area contributed by atoms with Crippen LogP contribution >= 0.6 is 23.2 Å². The Morgan fingerprint density at radius 3 is 2.35 bits per heavy atom. The maximum absolute atomic E-state index is 6.36. The maximum Gasteiger partial charge on any atom is 0.0624 e. The predicted octanol–water partition coefficient (Wildman–Crippen LogP) is 5.34. The molecule has 1 aromatic carbocycles. The van der Waals surface area contributed by atoms with Gasteiger partial charge in [-0.25, -0.2) is 0 Å². The number of rotatable bonds is 5. The fourth-order valence-electron chi connectivity index (χ4n) is 2.72. The highest BCUT2D eigenvalue weighted by Crippen LogP contribution is 2.48. The molecule has 0 spiro atoms. The van der Waals surface area contributed by atoms with Crippen LogP contribution in [-0.2, 0) is 6.42 Å². The van der Waals surface area contributed by atoms with Crippen molar-refractivity contribution in [3.8, 4) is 0 Å². The monoisotopic (exact) mass is 313 g/mol. The lowest BCUT2D eigenvalue weighted by molar-refractivity contribution is 0.228. The van der Waals surface area contributed by atoms with Crippen LogP contribution in [0, 0.1) is 11.3 Å². The number of benzene rings is 1. The lowest BCUT2D eigenvalue weighted by Gasteiger charge is -2.34. The van der Waals surface area contributed by atoms with Gasteiger partial charge in [0, 0.05) is 12.1 Å². The van der Waals surface area contributed by atoms with Crippen molar-refractivity contribution in [1.82, 2.24) is 5.32 Å². The average molecular weight is 314 g/mol. The van der Waals surface area contributed by atoms with Crippen molar-refractivity contribution in [1.29, 1.82) is 0 Å². The van der Waals surface area contributed by atoms with E-state index in [1.165, 1.54) is 18.4 Å². The van der Waals surface area contributed by atoms with Crippen LogP contribution in [0.15, 0.2) is 18.2 Å². The Bertz CT molecular complexity index is 474. The first-order chi connectivity index (χ1) is 9.21. The van der Waals surface area contributed by atoms with Crippen molar-refractivity contribution in [3.05, 3.63) is 33.8 Å². The Labute approximate surface area is 133 Å². The van der Waals surface area contributed by atoms with Gasteiger partial charge in [-0.2, -0.15) is 0 Å². The van der Waals surface area contributed by atoms with Gasteiger partial charge in [0.1, 0.15) is 0 Å². The molecule has 0 heterocycles. The minimum absolute atomic E-state index is 0.147. The zero-order valence-electron chi connectivity index (χ0n) is 12.9. The lowest BCUT2D eigenvalue weighted by Crippen LogP contribution is -2.44. The van der Waals surface area contributed by atoms with E-state index >= 15 is 0 Å². The molecule has 0 amide bonds. The molecule has 0 aliphatic heterocycles. The summed E-state index contributed by atoms with van der Waals surface area (Å²) in [6.45, 7) is 10.0. The van der Waals surface area contributed by atoms with E-state index in [0.29, 0.717) is 5.02 Å². The molecule has 1 unspecified atom stereocenters. The van der Waals surface area contributed by atoms with E-state index in [9.17, 15) is 0 Å². The highest BCUT2D eigenvalue weighted by Gasteiger charge is 2.42. The molecular weight excluding hydrogens is 289 g/mol. The molecule has 1 aliphatic carbocycles. The molecule has 1 aromatic rings. The molecule has 2 rings (SSSR count). The Hall–Kier alpha value is -0.240. The van der Waals surface area contributed by atoms with Gasteiger partial charge in [-0.05, 0) is 63.0 Å². The first kappa shape index (κ1) is 16.1. The minimum Gasteiger partial charge on any atom is -0.312 e. The molecule has 20 heavy (non-hydrogen) atoms. The summed E-state index contributed by atoms with van der Waals surface area (Å²) < 4.78 is 0. The van der Waals surface area contributed by atoms with Crippen LogP contribution in [0.1, 0.15) is 46.1 Å². The topological polar surface area (TPSA) is 12.0 Å². The Morgan fingerprint density at radius 2 is 1.80 bits per heavy atom. The number of hydrogen-bond donors (Lipinski definition) is 1. The summed E-state index contributed by atoms with van der Waals surface area (Å²) in [5, 5.41) is 5.04. The summed E-state index contributed by atoms with van der Waals surface area (Å²) in [4.78, 5) is 0. The summed E-state index contributed by atoms with van der Waals surface area (Å²) in [6, 6.07) is 5.95. The molecular formula is C17H25Cl2N. The van der Waals surface area contributed by atoms with Gasteiger partial charge in [0.2, 0.25) is 0 Å². The highest BCUT2D eigenvalue weighted by atomic mass is 35.5. The third-order valence-electron chi connectivity index (χ3n) is 4.21. The quantitative estimate of drug-likeness (QED) is 0.773. The van der Waals surface area contributed by atoms with E-state index in [-0.39, 0.29) is 11.0 Å². The van der Waals surface area contributed by atoms with E-state index in [4.69, 9.17) is 23.2 Å². The van der Waals surface area contributed by atoms with Crippen molar-refractivity contribution in [2.45, 2.75) is 52.5 Å². The molecule has 1 atom stereocenters. The van der Waals surface area contributed by atoms with Crippen LogP contribution in [0.25, 0.3) is 0 Å². The smallest absolute Gasteiger partial charge is 0.0624 e. The third-order valence-corrected chi connectivity index (χ3v) is 5.07. The van der Waals surface area contributed by atoms with E-state index < -0.39 is 0 Å². The minimum atomic E-state index is 0.147. The van der Waals surface area contributed by atoms with E-state index in [0.717, 1.165) is 23.9 Å². The van der Waals surface area contributed by atoms with Crippen LogP contribution in [0.3, 0.4) is 0 Å². The lowest BCUT2D eigenvalue weighted by atomic mass is 9.78. The van der Waals surface area contributed by atoms with Gasteiger partial charge in [-0.3, -0.25) is 0 Å². The molecule has 112 valence electrons. The summed E-state index contributed by atoms with van der Waals surface area (Å²) in [5.74, 6) is 0.799. The van der Waals surface area contributed by atoms with Crippen molar-refractivity contribution in [2.75, 3.05) is 6.54 Å². The molecule has 0 bridgehead atoms. The van der Waals surface area contributed by atoms with Crippen LogP contribution in [-0.4, -0.2) is 12.1 Å². The number of halogens is 2. The fourth-order valence-corrected chi connectivity index (χ4v) is 3.11. The van der Waals surface area contributed by atoms with E-state index in [1.54, 1.807) is 0 Å². The average Bonchev–Trinajstić information content (AvgIpc) is 3.16. The Morgan fingerprint density at radius 1 is 1.15 bits per heavy atom. The second-order valence-corrected chi connectivity index (χ2v) is 8.21. The van der Waals surface area contributed by atoms with Crippen LogP contribution in [0.2, 0.25) is 10.0 Å². The molecule has 3 heteroatoms. The maximum atomic E-state index is 6.36. The predicted molar refractivity (Wildman–Crippen MR) is 88.8 cm³/mol. The SMILES string of the molecule is CC(C)(C)NCC(C)(Cc1cccc(Cl)c1Cl)C1CC1. The second kappa shape index (κ2) is 5.87. The van der Waals surface area contributed by atoms with Crippen LogP contribution in [0.5, 0.6) is 0 Å². The fraction of sp³-hybridized carbons (Fsp3) is 0.647. The van der Waals surface area contributed by atoms with E-state index in [2.05, 4.69) is 39.1 Å². The third kappa shape index (κ3) is 4.13. The summed E-state index contributed by atoms with van der Waals surface area (Å²) in [5.41, 5.74) is 1.57. The zero-order valence-corrected chi connectivity index (χ0v) is 14.4. The number of nitrogens with one attached hydrogen (secondary N) is 1. The van der Waals surface area contributed by atoms with Gasteiger partial charge >= 0.3 is 0 Å². The first-order valence-corrected chi connectivity index (χ1v) is 8.15. The molecule has 1 N–H and O–H groups in total. The van der Waals surface area contributed by atoms with Crippen LogP contribution in [0.4, 0.5) is 0 Å². The van der Waals surface area contributed by atoms with Gasteiger partial charge in [0.05, 0.1) is 10.0 Å². The van der Waals surface area contributed by atoms with Gasteiger partial charge in [0.15, 0.2) is 0 Å². The van der Waals surface area contributed by atoms with Gasteiger partial charge in [-0.1, -0.05) is 42.3 Å². The Balaban J connectivity index is 2.14. The normalized spacial score (nSPS) is 18.9. The van der Waals surface area contributed by atoms with Crippen molar-refractivity contribution >= 4 is 23.2 Å². The molecule has 0 saturated heterocycles. The van der Waals surface area contributed by atoms with Gasteiger partial charge in [0.25, 0.3) is 0 Å². The van der Waals surface area contributed by atoms with Crippen LogP contribution < -0.4 is 5.32 Å². The Kier molecular flexibility index (Phi) is 4.73. The largest absolute Gasteiger partial charge is 0.312 e. The summed E-state index contributed by atoms with van der Waals surface area (Å²) in [7, 11) is 0. The second-order valence-electron chi connectivity index (χ2n) is 7.42. The zero-order chi connectivity index (χ0) is 15.0. The standard InChI is InChI=1S/C17H25Cl2N/c1-16(2,3)20-11-17(4,13-8-9-13)10-12-6-5-7-14(18)15(12)19/h5-7,13,20H,8-11H2,1-4H3. The summed E-state index contributed by atoms with van der Waals surface area (Å²) in [6.07, 6.45) is 3.65. The number of hydrogen-bond acceptors (Lipinski definition) is 1. The van der Waals surface area contributed by atoms with Gasteiger partial charge in [-0.15, -0.1) is 0 Å². The van der Waals surface area contributed by atoms with Crippen molar-refractivity contribution in [2.24, 2.45) is 11.3 Å². The molecule has 1 fully saturated rings. The van der Waals surface area contributed by atoms with E-state index in [1.807, 2.05) is 12.1 Å². The molecule has 1 aliphatic rings. The summed E-state index contributed by atoms with van der Waals surface area (Å²) >= 11 is 12.5. The van der Waals surface area contributed by atoms with Crippen molar-refractivity contribution in [3.63, 3.8) is 0 Å². The first-order valence-electron chi connectivity index (χ1n) is 7.39.